The predicted molar refractivity (Wildman–Crippen MR) is 197 cm³/mol. The zero-order valence-corrected chi connectivity index (χ0v) is 25.8. The first kappa shape index (κ1) is 27.2. The maximum absolute atomic E-state index is 5.41. The van der Waals surface area contributed by atoms with E-state index in [9.17, 15) is 0 Å². The van der Waals surface area contributed by atoms with Gasteiger partial charge in [0, 0.05) is 16.7 Å². The molecule has 1 spiro atoms. The molecular formula is C45H30N2. The molecule has 0 atom stereocenters. The van der Waals surface area contributed by atoms with Crippen LogP contribution >= 0.6 is 0 Å². The van der Waals surface area contributed by atoms with Crippen LogP contribution in [-0.2, 0) is 5.41 Å². The third-order valence-corrected chi connectivity index (χ3v) is 9.81. The second-order valence-electron chi connectivity index (χ2n) is 12.2. The smallest absolute Gasteiger partial charge is 0.159 e. The molecule has 2 aliphatic rings. The fourth-order valence-electron chi connectivity index (χ4n) is 7.81. The molecule has 0 saturated heterocycles. The largest absolute Gasteiger partial charge is 0.245 e. The molecule has 0 aliphatic heterocycles. The molecule has 220 valence electrons. The van der Waals surface area contributed by atoms with Crippen molar-refractivity contribution in [2.75, 3.05) is 0 Å². The molecule has 0 saturated carbocycles. The molecule has 0 bridgehead atoms. The van der Waals surface area contributed by atoms with Gasteiger partial charge in [-0.2, -0.15) is 0 Å². The minimum absolute atomic E-state index is 0.546. The first-order valence-electron chi connectivity index (χ1n) is 16.0. The Hall–Kier alpha value is -6.12. The Labute approximate surface area is 274 Å². The summed E-state index contributed by atoms with van der Waals surface area (Å²) in [6.45, 7) is 3.96. The quantitative estimate of drug-likeness (QED) is 0.142. The Bertz CT molecular complexity index is 2370. The minimum Gasteiger partial charge on any atom is -0.245 e. The molecule has 47 heavy (non-hydrogen) atoms. The van der Waals surface area contributed by atoms with Crippen LogP contribution in [0.3, 0.4) is 0 Å². The fourth-order valence-corrected chi connectivity index (χ4v) is 7.81. The molecule has 0 heterocycles. The van der Waals surface area contributed by atoms with E-state index < -0.39 is 5.41 Å². The van der Waals surface area contributed by atoms with Crippen molar-refractivity contribution in [3.63, 3.8) is 0 Å². The normalized spacial score (nSPS) is 14.3. The highest BCUT2D eigenvalue weighted by molar-refractivity contribution is 6.13. The number of rotatable bonds is 4. The van der Waals surface area contributed by atoms with Crippen molar-refractivity contribution in [2.45, 2.75) is 5.41 Å². The Balaban J connectivity index is 1.34. The summed E-state index contributed by atoms with van der Waals surface area (Å²) in [5.74, 6) is 0.609. The van der Waals surface area contributed by atoms with E-state index in [1.54, 1.807) is 0 Å². The fraction of sp³-hybridized carbons (Fsp3) is 0.0222. The molecule has 7 aromatic rings. The van der Waals surface area contributed by atoms with Gasteiger partial charge in [0.05, 0.1) is 11.1 Å². The van der Waals surface area contributed by atoms with Crippen LogP contribution in [0.15, 0.2) is 180 Å². The zero-order chi connectivity index (χ0) is 31.4. The van der Waals surface area contributed by atoms with Gasteiger partial charge < -0.3 is 0 Å². The van der Waals surface area contributed by atoms with Crippen molar-refractivity contribution in [1.29, 1.82) is 0 Å². The lowest BCUT2D eigenvalue weighted by molar-refractivity contribution is 0.842. The molecule has 0 N–H and O–H groups in total. The molecule has 2 aliphatic carbocycles. The van der Waals surface area contributed by atoms with Gasteiger partial charge >= 0.3 is 0 Å². The highest BCUT2D eigenvalue weighted by Gasteiger charge is 2.53. The molecule has 0 aromatic heterocycles. The third kappa shape index (κ3) is 4.05. The van der Waals surface area contributed by atoms with Crippen LogP contribution in [0, 0.1) is 0 Å². The van der Waals surface area contributed by atoms with Crippen molar-refractivity contribution >= 4 is 34.6 Å². The molecule has 0 fully saturated rings. The Kier molecular flexibility index (Phi) is 6.22. The van der Waals surface area contributed by atoms with Crippen LogP contribution in [0.5, 0.6) is 0 Å². The predicted octanol–water partition coefficient (Wildman–Crippen LogP) is 10.9. The standard InChI is InChI=1S/C45H30N2/c1-46-44(33-14-3-2-4-15-33)47-43-38-19-9-12-22-41(38)45(39-20-10-7-17-36(39)37-18-8-11-21-40(37)45)42(43)32-26-23-31(24-27-32)35-28-25-30-13-5-6-16-34(30)29-35/h2-29H,1H2/b47-44-. The number of amidine groups is 1. The monoisotopic (exact) mass is 598 g/mol. The van der Waals surface area contributed by atoms with E-state index in [1.165, 1.54) is 55.3 Å². The first-order chi connectivity index (χ1) is 23.3. The molecule has 0 unspecified atom stereocenters. The summed E-state index contributed by atoms with van der Waals surface area (Å²) in [4.78, 5) is 9.88. The molecule has 0 amide bonds. The van der Waals surface area contributed by atoms with Crippen LogP contribution in [0.4, 0.5) is 0 Å². The molecule has 2 nitrogen and oxygen atoms in total. The molecule has 0 radical (unpaired) electrons. The first-order valence-corrected chi connectivity index (χ1v) is 16.0. The maximum atomic E-state index is 5.41. The number of hydrogen-bond acceptors (Lipinski definition) is 1. The van der Waals surface area contributed by atoms with Crippen LogP contribution in [-0.4, -0.2) is 12.6 Å². The van der Waals surface area contributed by atoms with Crippen LogP contribution < -0.4 is 0 Å². The van der Waals surface area contributed by atoms with E-state index in [1.807, 2.05) is 30.3 Å². The molecule has 7 aromatic carbocycles. The van der Waals surface area contributed by atoms with Crippen LogP contribution in [0.1, 0.15) is 33.4 Å². The number of nitrogens with zero attached hydrogens (tertiary/aromatic N) is 2. The Morgan fingerprint density at radius 1 is 0.447 bits per heavy atom. The van der Waals surface area contributed by atoms with Gasteiger partial charge in [0.15, 0.2) is 5.84 Å². The third-order valence-electron chi connectivity index (χ3n) is 9.81. The van der Waals surface area contributed by atoms with Crippen LogP contribution in [0.2, 0.25) is 0 Å². The van der Waals surface area contributed by atoms with Gasteiger partial charge in [-0.3, -0.25) is 0 Å². The van der Waals surface area contributed by atoms with E-state index in [4.69, 9.17) is 4.99 Å². The van der Waals surface area contributed by atoms with Crippen LogP contribution in [0.25, 0.3) is 44.3 Å². The lowest BCUT2D eigenvalue weighted by Crippen LogP contribution is -2.26. The summed E-state index contributed by atoms with van der Waals surface area (Å²) in [6.07, 6.45) is 0. The summed E-state index contributed by atoms with van der Waals surface area (Å²) in [5, 5.41) is 2.48. The maximum Gasteiger partial charge on any atom is 0.159 e. The second-order valence-corrected chi connectivity index (χ2v) is 12.2. The summed E-state index contributed by atoms with van der Waals surface area (Å²) >= 11 is 0. The average molecular weight is 599 g/mol. The van der Waals surface area contributed by atoms with Crippen molar-refractivity contribution in [3.8, 4) is 22.3 Å². The number of benzene rings is 7. The molecule has 9 rings (SSSR count). The second kappa shape index (κ2) is 10.8. The van der Waals surface area contributed by atoms with Gasteiger partial charge in [-0.05, 0) is 68.1 Å². The highest BCUT2D eigenvalue weighted by atomic mass is 14.9. The van der Waals surface area contributed by atoms with E-state index in [0.717, 1.165) is 22.4 Å². The molecular weight excluding hydrogens is 569 g/mol. The number of aliphatic imine (C=N–C) groups is 2. The Morgan fingerprint density at radius 3 is 1.62 bits per heavy atom. The van der Waals surface area contributed by atoms with E-state index in [-0.39, 0.29) is 0 Å². The minimum atomic E-state index is -0.546. The zero-order valence-electron chi connectivity index (χ0n) is 25.8. The van der Waals surface area contributed by atoms with Gasteiger partial charge in [-0.15, -0.1) is 0 Å². The number of hydrogen-bond donors (Lipinski definition) is 0. The van der Waals surface area contributed by atoms with Gasteiger partial charge in [0.2, 0.25) is 0 Å². The summed E-state index contributed by atoms with van der Waals surface area (Å²) < 4.78 is 0. The van der Waals surface area contributed by atoms with Gasteiger partial charge in [0.25, 0.3) is 0 Å². The van der Waals surface area contributed by atoms with E-state index >= 15 is 0 Å². The average Bonchev–Trinajstić information content (AvgIpc) is 3.61. The summed E-state index contributed by atoms with van der Waals surface area (Å²) in [6, 6.07) is 60.9. The van der Waals surface area contributed by atoms with Crippen molar-refractivity contribution < 1.29 is 0 Å². The Morgan fingerprint density at radius 2 is 0.957 bits per heavy atom. The van der Waals surface area contributed by atoms with Crippen molar-refractivity contribution in [3.05, 3.63) is 203 Å². The lowest BCUT2D eigenvalue weighted by Gasteiger charge is -2.32. The van der Waals surface area contributed by atoms with Gasteiger partial charge in [-0.25, -0.2) is 9.98 Å². The van der Waals surface area contributed by atoms with Gasteiger partial charge in [0.1, 0.15) is 0 Å². The lowest BCUT2D eigenvalue weighted by atomic mass is 9.68. The number of fused-ring (bicyclic) bond motifs is 8. The topological polar surface area (TPSA) is 24.7 Å². The SMILES string of the molecule is C=N/C(=N\C1=C(c2ccc(-c3ccc4ccccc4c3)cc2)C2(c3ccccc31)c1ccccc1-c1ccccc12)c1ccccc1. The van der Waals surface area contributed by atoms with Crippen molar-refractivity contribution in [1.82, 2.24) is 0 Å². The summed E-state index contributed by atoms with van der Waals surface area (Å²) in [5.41, 5.74) is 13.4. The summed E-state index contributed by atoms with van der Waals surface area (Å²) in [7, 11) is 0. The van der Waals surface area contributed by atoms with E-state index in [0.29, 0.717) is 5.84 Å². The van der Waals surface area contributed by atoms with E-state index in [2.05, 4.69) is 151 Å². The van der Waals surface area contributed by atoms with Crippen molar-refractivity contribution in [2.24, 2.45) is 9.98 Å². The molecule has 2 heteroatoms. The number of allylic oxidation sites excluding steroid dienone is 1. The highest BCUT2D eigenvalue weighted by Crippen LogP contribution is 2.64. The van der Waals surface area contributed by atoms with Gasteiger partial charge in [-0.1, -0.05) is 164 Å².